The molecule has 1 aliphatic carbocycles. The van der Waals surface area contributed by atoms with Gasteiger partial charge in [0.1, 0.15) is 5.69 Å². The summed E-state index contributed by atoms with van der Waals surface area (Å²) in [5.74, 6) is -0.00618. The molecule has 0 aliphatic heterocycles. The highest BCUT2D eigenvalue weighted by atomic mass is 32.1. The monoisotopic (exact) mass is 314 g/mol. The van der Waals surface area contributed by atoms with Gasteiger partial charge in [0, 0.05) is 11.1 Å². The second-order valence-electron chi connectivity index (χ2n) is 4.89. The van der Waals surface area contributed by atoms with Gasteiger partial charge in [0.25, 0.3) is 0 Å². The topological polar surface area (TPSA) is 50.7 Å². The van der Waals surface area contributed by atoms with Crippen LogP contribution in [-0.2, 0) is 12.6 Å². The Balaban J connectivity index is 1.85. The van der Waals surface area contributed by atoms with Gasteiger partial charge in [-0.3, -0.25) is 0 Å². The molecule has 1 unspecified atom stereocenters. The Hall–Kier alpha value is -1.70. The number of rotatable bonds is 2. The maximum absolute atomic E-state index is 12.7. The van der Waals surface area contributed by atoms with Gasteiger partial charge >= 0.3 is 6.18 Å². The van der Waals surface area contributed by atoms with Crippen LogP contribution in [0.3, 0.4) is 0 Å². The highest BCUT2D eigenvalue weighted by Crippen LogP contribution is 2.35. The molecular weight excluding hydrogens is 301 g/mol. The van der Waals surface area contributed by atoms with Crippen molar-refractivity contribution in [2.24, 2.45) is 0 Å². The van der Waals surface area contributed by atoms with Crippen molar-refractivity contribution in [3.63, 3.8) is 0 Å². The van der Waals surface area contributed by atoms with E-state index in [2.05, 4.69) is 20.3 Å². The summed E-state index contributed by atoms with van der Waals surface area (Å²) >= 11 is 1.64. The summed E-state index contributed by atoms with van der Waals surface area (Å²) in [6.07, 6.45) is -0.577. The Labute approximate surface area is 123 Å². The van der Waals surface area contributed by atoms with Gasteiger partial charge < -0.3 is 5.32 Å². The number of aromatic nitrogens is 3. The van der Waals surface area contributed by atoms with Crippen molar-refractivity contribution < 1.29 is 13.2 Å². The number of hydrogen-bond donors (Lipinski definition) is 1. The highest BCUT2D eigenvalue weighted by molar-refractivity contribution is 7.11. The maximum Gasteiger partial charge on any atom is 0.433 e. The lowest BCUT2D eigenvalue weighted by Crippen LogP contribution is -2.19. The normalized spacial score (nSPS) is 18.4. The van der Waals surface area contributed by atoms with Crippen LogP contribution in [0.15, 0.2) is 12.3 Å². The SMILES string of the molecule is Cc1nc2c(s1)CCCC2Nc1nccc(C(F)(F)F)n1. The lowest BCUT2D eigenvalue weighted by molar-refractivity contribution is -0.141. The van der Waals surface area contributed by atoms with Crippen LogP contribution in [0.4, 0.5) is 19.1 Å². The molecule has 112 valence electrons. The lowest BCUT2D eigenvalue weighted by Gasteiger charge is -2.22. The standard InChI is InChI=1S/C13H13F3N4S/c1-7-18-11-8(3-2-4-9(11)21-7)19-12-17-6-5-10(20-12)13(14,15)16/h5-6,8H,2-4H2,1H3,(H,17,19,20). The Morgan fingerprint density at radius 3 is 2.90 bits per heavy atom. The molecule has 1 atom stereocenters. The van der Waals surface area contributed by atoms with Crippen molar-refractivity contribution >= 4 is 17.3 Å². The number of halogens is 3. The lowest BCUT2D eigenvalue weighted by atomic mass is 9.98. The molecule has 0 spiro atoms. The number of hydrogen-bond acceptors (Lipinski definition) is 5. The number of fused-ring (bicyclic) bond motifs is 1. The first-order valence-electron chi connectivity index (χ1n) is 6.56. The molecule has 2 aromatic heterocycles. The summed E-state index contributed by atoms with van der Waals surface area (Å²) in [5, 5.41) is 3.96. The van der Waals surface area contributed by atoms with Gasteiger partial charge in [-0.1, -0.05) is 0 Å². The van der Waals surface area contributed by atoms with Gasteiger partial charge in [-0.25, -0.2) is 15.0 Å². The first-order chi connectivity index (χ1) is 9.93. The number of nitrogens with one attached hydrogen (secondary N) is 1. The minimum Gasteiger partial charge on any atom is -0.346 e. The molecule has 8 heteroatoms. The molecule has 0 bridgehead atoms. The Morgan fingerprint density at radius 2 is 2.14 bits per heavy atom. The van der Waals surface area contributed by atoms with E-state index in [1.807, 2.05) is 6.92 Å². The first kappa shape index (κ1) is 14.2. The number of alkyl halides is 3. The van der Waals surface area contributed by atoms with Crippen LogP contribution < -0.4 is 5.32 Å². The zero-order valence-corrected chi connectivity index (χ0v) is 12.1. The third kappa shape index (κ3) is 2.99. The van der Waals surface area contributed by atoms with Crippen molar-refractivity contribution in [1.82, 2.24) is 15.0 Å². The van der Waals surface area contributed by atoms with Crippen LogP contribution >= 0.6 is 11.3 Å². The average molecular weight is 314 g/mol. The van der Waals surface area contributed by atoms with E-state index < -0.39 is 11.9 Å². The van der Waals surface area contributed by atoms with Gasteiger partial charge in [0.15, 0.2) is 0 Å². The predicted octanol–water partition coefficient (Wildman–Crippen LogP) is 3.75. The van der Waals surface area contributed by atoms with E-state index in [0.717, 1.165) is 42.2 Å². The van der Waals surface area contributed by atoms with Gasteiger partial charge in [-0.2, -0.15) is 13.2 Å². The van der Waals surface area contributed by atoms with Gasteiger partial charge in [0.2, 0.25) is 5.95 Å². The third-order valence-electron chi connectivity index (χ3n) is 3.31. The molecule has 21 heavy (non-hydrogen) atoms. The van der Waals surface area contributed by atoms with Crippen LogP contribution in [0, 0.1) is 6.92 Å². The van der Waals surface area contributed by atoms with E-state index in [-0.39, 0.29) is 12.0 Å². The van der Waals surface area contributed by atoms with Gasteiger partial charge in [-0.15, -0.1) is 11.3 Å². The van der Waals surface area contributed by atoms with Crippen LogP contribution in [-0.4, -0.2) is 15.0 Å². The fourth-order valence-electron chi connectivity index (χ4n) is 2.42. The molecular formula is C13H13F3N4S. The van der Waals surface area contributed by atoms with E-state index in [9.17, 15) is 13.2 Å². The number of anilines is 1. The summed E-state index contributed by atoms with van der Waals surface area (Å²) < 4.78 is 38.0. The highest BCUT2D eigenvalue weighted by Gasteiger charge is 2.33. The molecule has 0 amide bonds. The largest absolute Gasteiger partial charge is 0.433 e. The zero-order valence-electron chi connectivity index (χ0n) is 11.2. The second-order valence-corrected chi connectivity index (χ2v) is 6.18. The van der Waals surface area contributed by atoms with E-state index in [1.54, 1.807) is 11.3 Å². The summed E-state index contributed by atoms with van der Waals surface area (Å²) in [6.45, 7) is 1.93. The summed E-state index contributed by atoms with van der Waals surface area (Å²) in [5.41, 5.74) is -0.0183. The van der Waals surface area contributed by atoms with Crippen LogP contribution in [0.1, 0.15) is 40.2 Å². The van der Waals surface area contributed by atoms with E-state index in [4.69, 9.17) is 0 Å². The van der Waals surface area contributed by atoms with Crippen molar-refractivity contribution in [3.8, 4) is 0 Å². The average Bonchev–Trinajstić information content (AvgIpc) is 2.80. The number of thiazole rings is 1. The molecule has 0 saturated carbocycles. The van der Waals surface area contributed by atoms with E-state index in [1.165, 1.54) is 4.88 Å². The zero-order chi connectivity index (χ0) is 15.0. The number of aryl methyl sites for hydroxylation is 2. The minimum atomic E-state index is -4.46. The Morgan fingerprint density at radius 1 is 1.33 bits per heavy atom. The van der Waals surface area contributed by atoms with Crippen molar-refractivity contribution in [2.75, 3.05) is 5.32 Å². The van der Waals surface area contributed by atoms with Crippen LogP contribution in [0.25, 0.3) is 0 Å². The third-order valence-corrected chi connectivity index (χ3v) is 4.36. The molecule has 0 radical (unpaired) electrons. The van der Waals surface area contributed by atoms with Crippen molar-refractivity contribution in [3.05, 3.63) is 33.5 Å². The molecule has 1 N–H and O–H groups in total. The van der Waals surface area contributed by atoms with Gasteiger partial charge in [0.05, 0.1) is 16.7 Å². The second kappa shape index (κ2) is 5.25. The molecule has 2 heterocycles. The van der Waals surface area contributed by atoms with E-state index in [0.29, 0.717) is 0 Å². The first-order valence-corrected chi connectivity index (χ1v) is 7.38. The van der Waals surface area contributed by atoms with Crippen LogP contribution in [0.5, 0.6) is 0 Å². The number of nitrogens with zero attached hydrogens (tertiary/aromatic N) is 3. The molecule has 0 aromatic carbocycles. The fourth-order valence-corrected chi connectivity index (χ4v) is 3.46. The smallest absolute Gasteiger partial charge is 0.346 e. The van der Waals surface area contributed by atoms with Crippen LogP contribution in [0.2, 0.25) is 0 Å². The quantitative estimate of drug-likeness (QED) is 0.917. The molecule has 3 rings (SSSR count). The minimum absolute atomic E-state index is 0.00618. The Bertz CT molecular complexity index is 653. The predicted molar refractivity (Wildman–Crippen MR) is 73.2 cm³/mol. The summed E-state index contributed by atoms with van der Waals surface area (Å²) in [4.78, 5) is 13.1. The molecule has 0 saturated heterocycles. The van der Waals surface area contributed by atoms with Gasteiger partial charge in [-0.05, 0) is 32.3 Å². The summed E-state index contributed by atoms with van der Waals surface area (Å²) in [6, 6.07) is 0.743. The van der Waals surface area contributed by atoms with Crippen molar-refractivity contribution in [2.45, 2.75) is 38.4 Å². The Kier molecular flexibility index (Phi) is 3.56. The fraction of sp³-hybridized carbons (Fsp3) is 0.462. The van der Waals surface area contributed by atoms with E-state index >= 15 is 0 Å². The molecule has 1 aliphatic rings. The molecule has 4 nitrogen and oxygen atoms in total. The van der Waals surface area contributed by atoms with Crippen molar-refractivity contribution in [1.29, 1.82) is 0 Å². The summed E-state index contributed by atoms with van der Waals surface area (Å²) in [7, 11) is 0. The molecule has 0 fully saturated rings. The molecule has 2 aromatic rings. The maximum atomic E-state index is 12.7.